The maximum absolute atomic E-state index is 12.1. The quantitative estimate of drug-likeness (QED) is 0.734. The summed E-state index contributed by atoms with van der Waals surface area (Å²) in [5, 5.41) is 6.43. The van der Waals surface area contributed by atoms with E-state index in [-0.39, 0.29) is 29.8 Å². The first kappa shape index (κ1) is 13.3. The normalized spacial score (nSPS) is 29.3. The number of hydrogen-bond donors (Lipinski definition) is 2. The Hall–Kier alpha value is -1.10. The zero-order chi connectivity index (χ0) is 13.1. The Bertz CT molecular complexity index is 324. The SMILES string of the molecule is CC(=O)N1CCC(NC(=O)C2CCNC2C)CC1. The van der Waals surface area contributed by atoms with Gasteiger partial charge >= 0.3 is 0 Å². The van der Waals surface area contributed by atoms with Crippen LogP contribution in [0.4, 0.5) is 0 Å². The van der Waals surface area contributed by atoms with Crippen molar-refractivity contribution in [3.63, 3.8) is 0 Å². The van der Waals surface area contributed by atoms with Crippen molar-refractivity contribution < 1.29 is 9.59 Å². The Morgan fingerprint density at radius 3 is 2.39 bits per heavy atom. The molecule has 0 saturated carbocycles. The molecule has 0 bridgehead atoms. The first-order chi connectivity index (χ1) is 8.58. The topological polar surface area (TPSA) is 61.4 Å². The van der Waals surface area contributed by atoms with Gasteiger partial charge in [-0.1, -0.05) is 0 Å². The highest BCUT2D eigenvalue weighted by Crippen LogP contribution is 2.17. The molecule has 2 rings (SSSR count). The minimum Gasteiger partial charge on any atom is -0.353 e. The van der Waals surface area contributed by atoms with Crippen molar-refractivity contribution in [3.05, 3.63) is 0 Å². The van der Waals surface area contributed by atoms with Gasteiger partial charge < -0.3 is 15.5 Å². The van der Waals surface area contributed by atoms with Gasteiger partial charge in [0.2, 0.25) is 11.8 Å². The average Bonchev–Trinajstić information content (AvgIpc) is 2.76. The molecule has 0 radical (unpaired) electrons. The fraction of sp³-hybridized carbons (Fsp3) is 0.846. The summed E-state index contributed by atoms with van der Waals surface area (Å²) in [6, 6.07) is 0.517. The van der Waals surface area contributed by atoms with Crippen LogP contribution in [0.25, 0.3) is 0 Å². The number of carbonyl (C=O) groups excluding carboxylic acids is 2. The molecule has 102 valence electrons. The van der Waals surface area contributed by atoms with Crippen LogP contribution in [0.3, 0.4) is 0 Å². The van der Waals surface area contributed by atoms with Crippen LogP contribution in [0.5, 0.6) is 0 Å². The molecule has 0 aromatic rings. The number of piperidine rings is 1. The summed E-state index contributed by atoms with van der Waals surface area (Å²) < 4.78 is 0. The van der Waals surface area contributed by atoms with E-state index < -0.39 is 0 Å². The van der Waals surface area contributed by atoms with E-state index in [1.807, 2.05) is 4.90 Å². The van der Waals surface area contributed by atoms with E-state index in [2.05, 4.69) is 17.6 Å². The second-order valence-corrected chi connectivity index (χ2v) is 5.43. The molecule has 2 heterocycles. The van der Waals surface area contributed by atoms with Crippen LogP contribution < -0.4 is 10.6 Å². The smallest absolute Gasteiger partial charge is 0.224 e. The Labute approximate surface area is 108 Å². The van der Waals surface area contributed by atoms with Gasteiger partial charge in [-0.15, -0.1) is 0 Å². The second kappa shape index (κ2) is 5.69. The van der Waals surface area contributed by atoms with Gasteiger partial charge in [0.05, 0.1) is 5.92 Å². The van der Waals surface area contributed by atoms with Crippen LogP contribution in [-0.2, 0) is 9.59 Å². The van der Waals surface area contributed by atoms with Gasteiger partial charge in [-0.3, -0.25) is 9.59 Å². The summed E-state index contributed by atoms with van der Waals surface area (Å²) in [7, 11) is 0. The third-order valence-corrected chi connectivity index (χ3v) is 4.15. The van der Waals surface area contributed by atoms with Crippen LogP contribution in [0.1, 0.15) is 33.1 Å². The lowest BCUT2D eigenvalue weighted by atomic mass is 9.99. The lowest BCUT2D eigenvalue weighted by Gasteiger charge is -2.32. The number of likely N-dealkylation sites (tertiary alicyclic amines) is 1. The van der Waals surface area contributed by atoms with Crippen molar-refractivity contribution in [1.82, 2.24) is 15.5 Å². The number of rotatable bonds is 2. The van der Waals surface area contributed by atoms with Crippen molar-refractivity contribution in [3.8, 4) is 0 Å². The summed E-state index contributed by atoms with van der Waals surface area (Å²) in [5.41, 5.74) is 0. The minimum atomic E-state index is 0.107. The molecule has 2 fully saturated rings. The highest BCUT2D eigenvalue weighted by molar-refractivity contribution is 5.80. The van der Waals surface area contributed by atoms with E-state index in [0.29, 0.717) is 0 Å². The number of hydrogen-bond acceptors (Lipinski definition) is 3. The summed E-state index contributed by atoms with van der Waals surface area (Å²) in [6.45, 7) is 6.12. The molecule has 2 aliphatic rings. The summed E-state index contributed by atoms with van der Waals surface area (Å²) in [6.07, 6.45) is 2.68. The van der Waals surface area contributed by atoms with Crippen molar-refractivity contribution in [2.24, 2.45) is 5.92 Å². The van der Waals surface area contributed by atoms with Gasteiger partial charge in [-0.25, -0.2) is 0 Å². The number of nitrogens with one attached hydrogen (secondary N) is 2. The van der Waals surface area contributed by atoms with Gasteiger partial charge in [0.15, 0.2) is 0 Å². The molecule has 18 heavy (non-hydrogen) atoms. The molecule has 2 amide bonds. The molecule has 0 aliphatic carbocycles. The molecule has 0 aromatic carbocycles. The molecular formula is C13H23N3O2. The Morgan fingerprint density at radius 2 is 1.89 bits per heavy atom. The Kier molecular flexibility index (Phi) is 4.22. The fourth-order valence-electron chi connectivity index (χ4n) is 2.86. The standard InChI is InChI=1S/C13H23N3O2/c1-9-12(3-6-14-9)13(18)15-11-4-7-16(8-5-11)10(2)17/h9,11-12,14H,3-8H2,1-2H3,(H,15,18). The van der Waals surface area contributed by atoms with Crippen molar-refractivity contribution in [2.75, 3.05) is 19.6 Å². The molecule has 2 saturated heterocycles. The monoisotopic (exact) mass is 253 g/mol. The highest BCUT2D eigenvalue weighted by atomic mass is 16.2. The van der Waals surface area contributed by atoms with Gasteiger partial charge in [-0.2, -0.15) is 0 Å². The van der Waals surface area contributed by atoms with E-state index in [0.717, 1.165) is 38.9 Å². The fourth-order valence-corrected chi connectivity index (χ4v) is 2.86. The van der Waals surface area contributed by atoms with E-state index in [9.17, 15) is 9.59 Å². The molecule has 0 aromatic heterocycles. The van der Waals surface area contributed by atoms with Crippen molar-refractivity contribution in [1.29, 1.82) is 0 Å². The predicted molar refractivity (Wildman–Crippen MR) is 69.0 cm³/mol. The third kappa shape index (κ3) is 3.02. The zero-order valence-electron chi connectivity index (χ0n) is 11.2. The molecule has 5 nitrogen and oxygen atoms in total. The number of carbonyl (C=O) groups is 2. The maximum Gasteiger partial charge on any atom is 0.224 e. The Balaban J connectivity index is 1.77. The van der Waals surface area contributed by atoms with E-state index >= 15 is 0 Å². The second-order valence-electron chi connectivity index (χ2n) is 5.43. The third-order valence-electron chi connectivity index (χ3n) is 4.15. The predicted octanol–water partition coefficient (Wildman–Crippen LogP) is 0.112. The first-order valence-electron chi connectivity index (χ1n) is 6.87. The maximum atomic E-state index is 12.1. The largest absolute Gasteiger partial charge is 0.353 e. The molecule has 2 atom stereocenters. The van der Waals surface area contributed by atoms with E-state index in [1.54, 1.807) is 6.92 Å². The molecule has 2 N–H and O–H groups in total. The Morgan fingerprint density at radius 1 is 1.22 bits per heavy atom. The van der Waals surface area contributed by atoms with Crippen LogP contribution in [-0.4, -0.2) is 48.4 Å². The van der Waals surface area contributed by atoms with Crippen LogP contribution in [0.2, 0.25) is 0 Å². The zero-order valence-corrected chi connectivity index (χ0v) is 11.2. The average molecular weight is 253 g/mol. The number of amides is 2. The van der Waals surface area contributed by atoms with Gasteiger partial charge in [0.25, 0.3) is 0 Å². The van der Waals surface area contributed by atoms with Crippen molar-refractivity contribution >= 4 is 11.8 Å². The summed E-state index contributed by atoms with van der Waals surface area (Å²) in [5.74, 6) is 0.415. The van der Waals surface area contributed by atoms with Gasteiger partial charge in [0, 0.05) is 32.1 Å². The summed E-state index contributed by atoms with van der Waals surface area (Å²) >= 11 is 0. The molecule has 2 unspecified atom stereocenters. The molecule has 0 spiro atoms. The van der Waals surface area contributed by atoms with E-state index in [4.69, 9.17) is 0 Å². The molecule has 2 aliphatic heterocycles. The van der Waals surface area contributed by atoms with Gasteiger partial charge in [-0.05, 0) is 32.7 Å². The highest BCUT2D eigenvalue weighted by Gasteiger charge is 2.31. The summed E-state index contributed by atoms with van der Waals surface area (Å²) in [4.78, 5) is 25.2. The molecular weight excluding hydrogens is 230 g/mol. The van der Waals surface area contributed by atoms with Gasteiger partial charge in [0.1, 0.15) is 0 Å². The van der Waals surface area contributed by atoms with Crippen molar-refractivity contribution in [2.45, 2.75) is 45.2 Å². The van der Waals surface area contributed by atoms with E-state index in [1.165, 1.54) is 0 Å². The number of nitrogens with zero attached hydrogens (tertiary/aromatic N) is 1. The lowest BCUT2D eigenvalue weighted by molar-refractivity contribution is -0.130. The van der Waals surface area contributed by atoms with Crippen LogP contribution >= 0.6 is 0 Å². The molecule has 5 heteroatoms. The van der Waals surface area contributed by atoms with Crippen LogP contribution in [0, 0.1) is 5.92 Å². The minimum absolute atomic E-state index is 0.107. The lowest BCUT2D eigenvalue weighted by Crippen LogP contribution is -2.48. The van der Waals surface area contributed by atoms with Crippen LogP contribution in [0.15, 0.2) is 0 Å². The first-order valence-corrected chi connectivity index (χ1v) is 6.87.